The number of ether oxygens (including phenoxy) is 1. The summed E-state index contributed by atoms with van der Waals surface area (Å²) in [6, 6.07) is 7.62. The monoisotopic (exact) mass is 315 g/mol. The van der Waals surface area contributed by atoms with Crippen LogP contribution in [0.3, 0.4) is 0 Å². The van der Waals surface area contributed by atoms with Crippen molar-refractivity contribution in [1.82, 2.24) is 0 Å². The first kappa shape index (κ1) is 15.4. The molecule has 0 atom stereocenters. The maximum absolute atomic E-state index is 12.0. The number of anilines is 1. The van der Waals surface area contributed by atoms with Crippen molar-refractivity contribution in [2.45, 2.75) is 12.6 Å². The van der Waals surface area contributed by atoms with E-state index < -0.39 is 12.8 Å². The molecule has 1 aromatic carbocycles. The van der Waals surface area contributed by atoms with E-state index in [9.17, 15) is 18.0 Å². The Morgan fingerprint density at radius 3 is 2.48 bits per heavy atom. The Morgan fingerprint density at radius 2 is 1.90 bits per heavy atom. The van der Waals surface area contributed by atoms with Crippen molar-refractivity contribution in [1.29, 1.82) is 0 Å². The normalized spacial score (nSPS) is 11.2. The minimum Gasteiger partial charge on any atom is -0.484 e. The van der Waals surface area contributed by atoms with Crippen LogP contribution in [0.2, 0.25) is 0 Å². The number of benzene rings is 1. The number of amides is 1. The molecule has 21 heavy (non-hydrogen) atoms. The second-order valence-electron chi connectivity index (χ2n) is 4.28. The summed E-state index contributed by atoms with van der Waals surface area (Å²) in [4.78, 5) is 11.7. The van der Waals surface area contributed by atoms with Crippen LogP contribution >= 0.6 is 11.3 Å². The molecule has 0 saturated carbocycles. The molecule has 3 nitrogen and oxygen atoms in total. The molecular formula is C14H12F3NO2S. The zero-order valence-electron chi connectivity index (χ0n) is 10.8. The number of rotatable bonds is 5. The van der Waals surface area contributed by atoms with Crippen LogP contribution in [-0.2, 0) is 11.2 Å². The number of alkyl halides is 3. The fraction of sp³-hybridized carbons (Fsp3) is 0.214. The summed E-state index contributed by atoms with van der Waals surface area (Å²) in [7, 11) is 0. The number of nitrogens with one attached hydrogen (secondary N) is 1. The molecule has 0 aliphatic heterocycles. The van der Waals surface area contributed by atoms with Crippen LogP contribution in [-0.4, -0.2) is 18.7 Å². The summed E-state index contributed by atoms with van der Waals surface area (Å²) in [6.45, 7) is -1.34. The van der Waals surface area contributed by atoms with Gasteiger partial charge in [0, 0.05) is 5.69 Å². The molecule has 1 N–H and O–H groups in total. The van der Waals surface area contributed by atoms with Gasteiger partial charge in [-0.25, -0.2) is 0 Å². The lowest BCUT2D eigenvalue weighted by atomic mass is 10.2. The maximum atomic E-state index is 12.0. The van der Waals surface area contributed by atoms with Gasteiger partial charge in [0.2, 0.25) is 5.91 Å². The molecule has 0 fully saturated rings. The second kappa shape index (κ2) is 6.62. The lowest BCUT2D eigenvalue weighted by Gasteiger charge is -2.10. The second-order valence-corrected chi connectivity index (χ2v) is 5.06. The molecule has 0 unspecified atom stereocenters. The minimum atomic E-state index is -4.37. The van der Waals surface area contributed by atoms with Gasteiger partial charge in [0.25, 0.3) is 0 Å². The largest absolute Gasteiger partial charge is 0.484 e. The van der Waals surface area contributed by atoms with E-state index in [1.54, 1.807) is 0 Å². The predicted molar refractivity (Wildman–Crippen MR) is 74.6 cm³/mol. The lowest BCUT2D eigenvalue weighted by Crippen LogP contribution is -2.19. The summed E-state index contributed by atoms with van der Waals surface area (Å²) in [5.74, 6) is -0.0829. The molecular weight excluding hydrogens is 303 g/mol. The number of thiophene rings is 1. The highest BCUT2D eigenvalue weighted by Crippen LogP contribution is 2.20. The van der Waals surface area contributed by atoms with Gasteiger partial charge in [0.05, 0.1) is 6.42 Å². The average molecular weight is 315 g/mol. The molecule has 0 aliphatic carbocycles. The summed E-state index contributed by atoms with van der Waals surface area (Å²) in [6.07, 6.45) is -4.11. The van der Waals surface area contributed by atoms with Crippen LogP contribution in [0.4, 0.5) is 18.9 Å². The first-order valence-electron chi connectivity index (χ1n) is 6.03. The van der Waals surface area contributed by atoms with Crippen molar-refractivity contribution in [2.24, 2.45) is 0 Å². The van der Waals surface area contributed by atoms with Gasteiger partial charge in [-0.2, -0.15) is 24.5 Å². The highest BCUT2D eigenvalue weighted by atomic mass is 32.1. The molecule has 0 saturated heterocycles. The molecule has 112 valence electrons. The van der Waals surface area contributed by atoms with Crippen molar-refractivity contribution >= 4 is 22.9 Å². The minimum absolute atomic E-state index is 0.100. The Bertz CT molecular complexity index is 579. The van der Waals surface area contributed by atoms with Gasteiger partial charge in [-0.1, -0.05) is 0 Å². The molecule has 7 heteroatoms. The Hall–Kier alpha value is -2.02. The van der Waals surface area contributed by atoms with E-state index in [-0.39, 0.29) is 18.1 Å². The molecule has 0 radical (unpaired) electrons. The van der Waals surface area contributed by atoms with Crippen LogP contribution < -0.4 is 10.1 Å². The fourth-order valence-corrected chi connectivity index (χ4v) is 2.25. The standard InChI is InChI=1S/C14H12F3NO2S/c15-14(16,17)9-20-12-3-1-11(2-4-12)18-13(19)7-10-5-6-21-8-10/h1-6,8H,7,9H2,(H,18,19). The van der Waals surface area contributed by atoms with Crippen molar-refractivity contribution in [2.75, 3.05) is 11.9 Å². The van der Waals surface area contributed by atoms with Crippen LogP contribution in [0.15, 0.2) is 41.1 Å². The zero-order valence-corrected chi connectivity index (χ0v) is 11.6. The van der Waals surface area contributed by atoms with Gasteiger partial charge in [-0.3, -0.25) is 4.79 Å². The van der Waals surface area contributed by atoms with Gasteiger partial charge in [-0.05, 0) is 46.7 Å². The van der Waals surface area contributed by atoms with Crippen LogP contribution in [0, 0.1) is 0 Å². The number of hydrogen-bond donors (Lipinski definition) is 1. The number of hydrogen-bond acceptors (Lipinski definition) is 3. The Balaban J connectivity index is 1.86. The van der Waals surface area contributed by atoms with Crippen molar-refractivity contribution in [3.8, 4) is 5.75 Å². The Morgan fingerprint density at radius 1 is 1.19 bits per heavy atom. The number of halogens is 3. The molecule has 1 amide bonds. The smallest absolute Gasteiger partial charge is 0.422 e. The van der Waals surface area contributed by atoms with E-state index in [0.717, 1.165) is 5.56 Å². The highest BCUT2D eigenvalue weighted by Gasteiger charge is 2.28. The third-order valence-electron chi connectivity index (χ3n) is 2.49. The van der Waals surface area contributed by atoms with Crippen molar-refractivity contribution < 1.29 is 22.7 Å². The third kappa shape index (κ3) is 5.47. The van der Waals surface area contributed by atoms with Gasteiger partial charge < -0.3 is 10.1 Å². The Labute approximate surface area is 123 Å². The maximum Gasteiger partial charge on any atom is 0.422 e. The zero-order chi connectivity index (χ0) is 15.3. The molecule has 1 aromatic heterocycles. The predicted octanol–water partition coefficient (Wildman–Crippen LogP) is 3.87. The Kier molecular flexibility index (Phi) is 4.85. The summed E-state index contributed by atoms with van der Waals surface area (Å²) >= 11 is 1.51. The first-order chi connectivity index (χ1) is 9.92. The summed E-state index contributed by atoms with van der Waals surface area (Å²) in [5, 5.41) is 6.43. The van der Waals surface area contributed by atoms with Crippen LogP contribution in [0.25, 0.3) is 0 Å². The summed E-state index contributed by atoms with van der Waals surface area (Å²) < 4.78 is 40.6. The first-order valence-corrected chi connectivity index (χ1v) is 6.97. The van der Waals surface area contributed by atoms with Gasteiger partial charge in [-0.15, -0.1) is 0 Å². The molecule has 1 heterocycles. The highest BCUT2D eigenvalue weighted by molar-refractivity contribution is 7.08. The number of carbonyl (C=O) groups is 1. The van der Waals surface area contributed by atoms with Gasteiger partial charge in [0.1, 0.15) is 5.75 Å². The molecule has 2 rings (SSSR count). The van der Waals surface area contributed by atoms with E-state index in [0.29, 0.717) is 5.69 Å². The van der Waals surface area contributed by atoms with E-state index in [4.69, 9.17) is 0 Å². The van der Waals surface area contributed by atoms with Gasteiger partial charge in [0.15, 0.2) is 6.61 Å². The van der Waals surface area contributed by atoms with Gasteiger partial charge >= 0.3 is 6.18 Å². The van der Waals surface area contributed by atoms with Crippen LogP contribution in [0.1, 0.15) is 5.56 Å². The van der Waals surface area contributed by atoms with E-state index in [1.165, 1.54) is 35.6 Å². The van der Waals surface area contributed by atoms with E-state index >= 15 is 0 Å². The third-order valence-corrected chi connectivity index (χ3v) is 3.22. The molecule has 0 bridgehead atoms. The molecule has 0 aliphatic rings. The topological polar surface area (TPSA) is 38.3 Å². The average Bonchev–Trinajstić information content (AvgIpc) is 2.89. The van der Waals surface area contributed by atoms with E-state index in [2.05, 4.69) is 10.1 Å². The molecule has 0 spiro atoms. The number of carbonyl (C=O) groups excluding carboxylic acids is 1. The quantitative estimate of drug-likeness (QED) is 0.909. The van der Waals surface area contributed by atoms with Crippen molar-refractivity contribution in [3.63, 3.8) is 0 Å². The van der Waals surface area contributed by atoms with Crippen molar-refractivity contribution in [3.05, 3.63) is 46.7 Å². The summed E-state index contributed by atoms with van der Waals surface area (Å²) in [5.41, 5.74) is 1.43. The fourth-order valence-electron chi connectivity index (χ4n) is 1.58. The lowest BCUT2D eigenvalue weighted by molar-refractivity contribution is -0.153. The van der Waals surface area contributed by atoms with Crippen LogP contribution in [0.5, 0.6) is 5.75 Å². The SMILES string of the molecule is O=C(Cc1ccsc1)Nc1ccc(OCC(F)(F)F)cc1. The van der Waals surface area contributed by atoms with E-state index in [1.807, 2.05) is 16.8 Å². The molecule has 2 aromatic rings.